The van der Waals surface area contributed by atoms with Gasteiger partial charge in [0.25, 0.3) is 5.92 Å². The number of hydrogen-bond donors (Lipinski definition) is 0. The number of halogens is 2. The smallest absolute Gasteiger partial charge is 0.270 e. The van der Waals surface area contributed by atoms with Crippen molar-refractivity contribution in [2.45, 2.75) is 32.6 Å². The Morgan fingerprint density at radius 1 is 1.00 bits per heavy atom. The van der Waals surface area contributed by atoms with Crippen LogP contribution in [0.5, 0.6) is 0 Å². The van der Waals surface area contributed by atoms with Crippen LogP contribution in [0.25, 0.3) is 11.3 Å². The van der Waals surface area contributed by atoms with E-state index in [1.54, 1.807) is 18.2 Å². The lowest BCUT2D eigenvalue weighted by Gasteiger charge is -2.14. The summed E-state index contributed by atoms with van der Waals surface area (Å²) in [5.41, 5.74) is 1.78. The molecule has 0 bridgehead atoms. The van der Waals surface area contributed by atoms with E-state index in [0.717, 1.165) is 6.92 Å². The molecule has 0 aromatic heterocycles. The molecule has 1 aliphatic rings. The monoisotopic (exact) mass is 398 g/mol. The first-order valence-corrected chi connectivity index (χ1v) is 9.03. The molecule has 0 N–H and O–H groups in total. The second-order valence-electron chi connectivity index (χ2n) is 7.14. The molecule has 2 aromatic rings. The molecule has 3 rings (SSSR count). The molecule has 0 amide bonds. The summed E-state index contributed by atoms with van der Waals surface area (Å²) in [7, 11) is 1.37. The number of rotatable bonds is 5. The van der Waals surface area contributed by atoms with E-state index in [1.807, 2.05) is 0 Å². The summed E-state index contributed by atoms with van der Waals surface area (Å²) in [5.74, 6) is -4.74. The molecule has 150 valence electrons. The van der Waals surface area contributed by atoms with Crippen LogP contribution < -0.4 is 0 Å². The third-order valence-corrected chi connectivity index (χ3v) is 5.04. The van der Waals surface area contributed by atoms with E-state index in [-0.39, 0.29) is 28.5 Å². The Morgan fingerprint density at radius 2 is 1.59 bits per heavy atom. The maximum absolute atomic E-state index is 13.5. The highest BCUT2D eigenvalue weighted by Gasteiger charge is 2.40. The maximum atomic E-state index is 13.5. The second-order valence-corrected chi connectivity index (χ2v) is 7.14. The third-order valence-electron chi connectivity index (χ3n) is 5.04. The van der Waals surface area contributed by atoms with Crippen LogP contribution in [0.4, 0.5) is 8.78 Å². The van der Waals surface area contributed by atoms with Gasteiger partial charge in [0, 0.05) is 23.6 Å². The molecule has 2 aromatic carbocycles. The summed E-state index contributed by atoms with van der Waals surface area (Å²) >= 11 is 0. The van der Waals surface area contributed by atoms with Crippen LogP contribution in [0, 0.1) is 0 Å². The Hall–Kier alpha value is -3.15. The second kappa shape index (κ2) is 7.35. The van der Waals surface area contributed by atoms with E-state index in [4.69, 9.17) is 4.74 Å². The lowest BCUT2D eigenvalue weighted by Crippen LogP contribution is -2.15. The summed E-state index contributed by atoms with van der Waals surface area (Å²) < 4.78 is 32.5. The maximum Gasteiger partial charge on any atom is 0.270 e. The minimum atomic E-state index is -3.00. The SMILES string of the molecule is CO/C(=C1\C(=O)C(C(C)=O)c2ccc(C(C)=O)cc21)c1ccc(C(C)(F)F)cc1. The fourth-order valence-electron chi connectivity index (χ4n) is 3.58. The number of carbonyl (C=O) groups is 3. The van der Waals surface area contributed by atoms with Crippen LogP contribution in [-0.2, 0) is 20.2 Å². The summed E-state index contributed by atoms with van der Waals surface area (Å²) in [6.07, 6.45) is 0. The van der Waals surface area contributed by atoms with Crippen molar-refractivity contribution in [3.63, 3.8) is 0 Å². The highest BCUT2D eigenvalue weighted by Crippen LogP contribution is 2.43. The number of benzene rings is 2. The summed E-state index contributed by atoms with van der Waals surface area (Å²) in [5, 5.41) is 0. The van der Waals surface area contributed by atoms with Gasteiger partial charge in [-0.2, -0.15) is 0 Å². The first-order valence-electron chi connectivity index (χ1n) is 9.03. The van der Waals surface area contributed by atoms with Gasteiger partial charge in [-0.15, -0.1) is 0 Å². The Kier molecular flexibility index (Phi) is 5.22. The van der Waals surface area contributed by atoms with Crippen molar-refractivity contribution in [3.8, 4) is 0 Å². The molecule has 0 saturated carbocycles. The molecule has 0 radical (unpaired) electrons. The van der Waals surface area contributed by atoms with Crippen molar-refractivity contribution in [1.29, 1.82) is 0 Å². The first kappa shape index (κ1) is 20.6. The van der Waals surface area contributed by atoms with Crippen LogP contribution in [0.1, 0.15) is 59.3 Å². The van der Waals surface area contributed by atoms with E-state index in [2.05, 4.69) is 0 Å². The molecule has 4 nitrogen and oxygen atoms in total. The average molecular weight is 398 g/mol. The standard InChI is InChI=1S/C23H20F2O4/c1-12(26)15-7-10-17-18(11-15)20(21(28)19(17)13(2)27)22(29-4)14-5-8-16(9-6-14)23(3,24)25/h5-11,19H,1-4H3/b22-20-. The van der Waals surface area contributed by atoms with Gasteiger partial charge in [-0.05, 0) is 31.0 Å². The molecule has 1 aliphatic carbocycles. The number of carbonyl (C=O) groups excluding carboxylic acids is 3. The van der Waals surface area contributed by atoms with Crippen LogP contribution in [-0.4, -0.2) is 24.5 Å². The van der Waals surface area contributed by atoms with Crippen molar-refractivity contribution in [2.75, 3.05) is 7.11 Å². The van der Waals surface area contributed by atoms with Gasteiger partial charge in [0.05, 0.1) is 12.7 Å². The minimum Gasteiger partial charge on any atom is -0.495 e. The Bertz CT molecular complexity index is 1040. The fourth-order valence-corrected chi connectivity index (χ4v) is 3.58. The Labute approximate surface area is 167 Å². The number of ether oxygens (including phenoxy) is 1. The van der Waals surface area contributed by atoms with Crippen molar-refractivity contribution >= 4 is 28.7 Å². The van der Waals surface area contributed by atoms with Crippen molar-refractivity contribution in [3.05, 3.63) is 70.3 Å². The van der Waals surface area contributed by atoms with Crippen molar-refractivity contribution < 1.29 is 27.9 Å². The highest BCUT2D eigenvalue weighted by molar-refractivity contribution is 6.38. The van der Waals surface area contributed by atoms with E-state index in [9.17, 15) is 23.2 Å². The van der Waals surface area contributed by atoms with E-state index >= 15 is 0 Å². The van der Waals surface area contributed by atoms with Crippen molar-refractivity contribution in [2.24, 2.45) is 0 Å². The highest BCUT2D eigenvalue weighted by atomic mass is 19.3. The summed E-state index contributed by atoms with van der Waals surface area (Å²) in [6.45, 7) is 3.54. The number of ketones is 3. The predicted octanol–water partition coefficient (Wildman–Crippen LogP) is 4.77. The number of alkyl halides is 2. The lowest BCUT2D eigenvalue weighted by molar-refractivity contribution is -0.124. The van der Waals surface area contributed by atoms with Gasteiger partial charge in [0.1, 0.15) is 17.5 Å². The number of Topliss-reactive ketones (excluding diaryl/α,β-unsaturated/α-hetero) is 3. The van der Waals surface area contributed by atoms with Gasteiger partial charge < -0.3 is 4.74 Å². The van der Waals surface area contributed by atoms with Crippen LogP contribution in [0.15, 0.2) is 42.5 Å². The van der Waals surface area contributed by atoms with Crippen LogP contribution >= 0.6 is 0 Å². The molecular formula is C23H20F2O4. The Morgan fingerprint density at radius 3 is 2.07 bits per heavy atom. The molecule has 0 heterocycles. The molecule has 0 aliphatic heterocycles. The Balaban J connectivity index is 2.25. The van der Waals surface area contributed by atoms with Gasteiger partial charge in [0.2, 0.25) is 0 Å². The minimum absolute atomic E-state index is 0.166. The van der Waals surface area contributed by atoms with E-state index < -0.39 is 17.6 Å². The van der Waals surface area contributed by atoms with Crippen LogP contribution in [0.3, 0.4) is 0 Å². The van der Waals surface area contributed by atoms with Crippen LogP contribution in [0.2, 0.25) is 0 Å². The average Bonchev–Trinajstić information content (AvgIpc) is 2.94. The van der Waals surface area contributed by atoms with Gasteiger partial charge in [-0.25, -0.2) is 8.78 Å². The van der Waals surface area contributed by atoms with E-state index in [1.165, 1.54) is 45.2 Å². The van der Waals surface area contributed by atoms with Gasteiger partial charge in [0.15, 0.2) is 11.6 Å². The number of allylic oxidation sites excluding steroid dienone is 1. The van der Waals surface area contributed by atoms with Gasteiger partial charge >= 0.3 is 0 Å². The fraction of sp³-hybridized carbons (Fsp3) is 0.261. The predicted molar refractivity (Wildman–Crippen MR) is 105 cm³/mol. The summed E-state index contributed by atoms with van der Waals surface area (Å²) in [6, 6.07) is 10.2. The molecule has 29 heavy (non-hydrogen) atoms. The molecule has 1 unspecified atom stereocenters. The first-order chi connectivity index (χ1) is 13.6. The van der Waals surface area contributed by atoms with E-state index in [0.29, 0.717) is 22.3 Å². The zero-order valence-corrected chi connectivity index (χ0v) is 16.5. The van der Waals surface area contributed by atoms with Crippen molar-refractivity contribution in [1.82, 2.24) is 0 Å². The molecule has 6 heteroatoms. The topological polar surface area (TPSA) is 60.4 Å². The number of hydrogen-bond acceptors (Lipinski definition) is 4. The molecule has 1 atom stereocenters. The third kappa shape index (κ3) is 3.62. The molecule has 0 saturated heterocycles. The largest absolute Gasteiger partial charge is 0.495 e. The molecule has 0 spiro atoms. The van der Waals surface area contributed by atoms with Gasteiger partial charge in [-0.3, -0.25) is 14.4 Å². The zero-order valence-electron chi connectivity index (χ0n) is 16.5. The van der Waals surface area contributed by atoms with Gasteiger partial charge in [-0.1, -0.05) is 36.4 Å². The zero-order chi connectivity index (χ0) is 21.5. The summed E-state index contributed by atoms with van der Waals surface area (Å²) in [4.78, 5) is 37.1. The quantitative estimate of drug-likeness (QED) is 0.315. The molecular weight excluding hydrogens is 378 g/mol. The number of fused-ring (bicyclic) bond motifs is 1. The number of methoxy groups -OCH3 is 1. The molecule has 0 fully saturated rings. The normalized spacial score (nSPS) is 17.7. The lowest BCUT2D eigenvalue weighted by atomic mass is 9.95.